The molecule has 2 N–H and O–H groups in total. The van der Waals surface area contributed by atoms with Gasteiger partial charge in [0.2, 0.25) is 0 Å². The molecule has 0 aromatic rings. The van der Waals surface area contributed by atoms with Gasteiger partial charge >= 0.3 is 18.2 Å². The molecule has 0 aromatic carbocycles. The highest BCUT2D eigenvalue weighted by Gasteiger charge is 2.41. The predicted octanol–water partition coefficient (Wildman–Crippen LogP) is 2.56. The molecule has 1 saturated carbocycles. The molecular weight excluding hydrogens is 279 g/mol. The summed E-state index contributed by atoms with van der Waals surface area (Å²) in [6, 6.07) is 0. The van der Waals surface area contributed by atoms with Gasteiger partial charge in [0.1, 0.15) is 0 Å². The van der Waals surface area contributed by atoms with Gasteiger partial charge in [0.05, 0.1) is 5.41 Å². The first-order valence-corrected chi connectivity index (χ1v) is 6.35. The first-order valence-electron chi connectivity index (χ1n) is 6.35. The largest absolute Gasteiger partial charge is 0.481 e. The van der Waals surface area contributed by atoms with Crippen LogP contribution >= 0.6 is 0 Å². The Morgan fingerprint density at radius 2 is 1.90 bits per heavy atom. The first kappa shape index (κ1) is 16.6. The molecule has 0 bridgehead atoms. The van der Waals surface area contributed by atoms with Crippen molar-refractivity contribution in [3.8, 4) is 0 Å². The minimum atomic E-state index is -4.60. The third kappa shape index (κ3) is 4.90. The monoisotopic (exact) mass is 297 g/mol. The Morgan fingerprint density at radius 3 is 2.35 bits per heavy atom. The van der Waals surface area contributed by atoms with Gasteiger partial charge in [0, 0.05) is 6.54 Å². The fourth-order valence-electron chi connectivity index (χ4n) is 2.22. The number of halogens is 3. The third-order valence-electron chi connectivity index (χ3n) is 3.62. The summed E-state index contributed by atoms with van der Waals surface area (Å²) in [6.45, 7) is 0.110. The number of nitrogens with one attached hydrogen (secondary N) is 1. The molecule has 1 aliphatic rings. The van der Waals surface area contributed by atoms with Gasteiger partial charge in [-0.25, -0.2) is 4.79 Å². The Bertz CT molecular complexity index is 362. The molecule has 0 heterocycles. The number of carbonyl (C=O) groups excluding carboxylic acids is 1. The number of ether oxygens (including phenoxy) is 1. The van der Waals surface area contributed by atoms with Crippen LogP contribution < -0.4 is 5.32 Å². The Morgan fingerprint density at radius 1 is 1.35 bits per heavy atom. The number of alkyl carbamates (subject to hydrolysis) is 1. The quantitative estimate of drug-likeness (QED) is 0.836. The Balaban J connectivity index is 2.48. The number of carbonyl (C=O) groups is 2. The van der Waals surface area contributed by atoms with E-state index in [-0.39, 0.29) is 6.54 Å². The molecular formula is C12H18F3NO4. The first-order chi connectivity index (χ1) is 9.15. The summed E-state index contributed by atoms with van der Waals surface area (Å²) >= 11 is 0. The molecule has 1 rings (SSSR count). The van der Waals surface area contributed by atoms with E-state index >= 15 is 0 Å². The molecule has 0 aromatic heterocycles. The van der Waals surface area contributed by atoms with Gasteiger partial charge in [-0.05, 0) is 31.6 Å². The summed E-state index contributed by atoms with van der Waals surface area (Å²) in [6.07, 6.45) is -3.63. The van der Waals surface area contributed by atoms with Gasteiger partial charge in [-0.1, -0.05) is 6.92 Å². The van der Waals surface area contributed by atoms with Crippen LogP contribution in [0.15, 0.2) is 0 Å². The van der Waals surface area contributed by atoms with Crippen LogP contribution in [-0.4, -0.2) is 36.5 Å². The summed E-state index contributed by atoms with van der Waals surface area (Å²) in [5.74, 6) is -0.625. The van der Waals surface area contributed by atoms with Gasteiger partial charge in [-0.15, -0.1) is 0 Å². The fraction of sp³-hybridized carbons (Fsp3) is 0.833. The zero-order valence-corrected chi connectivity index (χ0v) is 11.1. The number of alkyl halides is 3. The van der Waals surface area contributed by atoms with Crippen LogP contribution in [0, 0.1) is 11.3 Å². The smallest absolute Gasteiger partial charge is 0.422 e. The van der Waals surface area contributed by atoms with E-state index < -0.39 is 30.3 Å². The van der Waals surface area contributed by atoms with E-state index in [1.165, 1.54) is 0 Å². The average Bonchev–Trinajstić information content (AvgIpc) is 2.35. The number of carboxylic acid groups (broad SMARTS) is 1. The highest BCUT2D eigenvalue weighted by Crippen LogP contribution is 2.38. The van der Waals surface area contributed by atoms with Crippen molar-refractivity contribution in [2.75, 3.05) is 13.2 Å². The molecule has 0 spiro atoms. The molecule has 0 aliphatic heterocycles. The lowest BCUT2D eigenvalue weighted by Crippen LogP contribution is -2.45. The van der Waals surface area contributed by atoms with Crippen molar-refractivity contribution in [3.63, 3.8) is 0 Å². The van der Waals surface area contributed by atoms with E-state index in [1.807, 2.05) is 6.92 Å². The van der Waals surface area contributed by atoms with Crippen LogP contribution in [-0.2, 0) is 9.53 Å². The molecule has 8 heteroatoms. The van der Waals surface area contributed by atoms with Gasteiger partial charge in [-0.2, -0.15) is 13.2 Å². The Kier molecular flexibility index (Phi) is 5.24. The summed E-state index contributed by atoms with van der Waals surface area (Å²) in [7, 11) is 0. The summed E-state index contributed by atoms with van der Waals surface area (Å²) in [4.78, 5) is 22.5. The maximum absolute atomic E-state index is 11.9. The number of carboxylic acids is 1. The molecule has 0 unspecified atom stereocenters. The lowest BCUT2D eigenvalue weighted by atomic mass is 9.71. The number of hydrogen-bond acceptors (Lipinski definition) is 3. The van der Waals surface area contributed by atoms with E-state index in [1.54, 1.807) is 0 Å². The van der Waals surface area contributed by atoms with E-state index in [0.717, 1.165) is 0 Å². The SMILES string of the molecule is CC1CCC(CNC(=O)OCC(F)(F)F)(C(=O)O)CC1. The van der Waals surface area contributed by atoms with Gasteiger partial charge in [0.25, 0.3) is 0 Å². The lowest BCUT2D eigenvalue weighted by Gasteiger charge is -2.35. The maximum Gasteiger partial charge on any atom is 0.422 e. The molecule has 20 heavy (non-hydrogen) atoms. The van der Waals surface area contributed by atoms with Crippen molar-refractivity contribution in [2.24, 2.45) is 11.3 Å². The van der Waals surface area contributed by atoms with Crippen molar-refractivity contribution < 1.29 is 32.6 Å². The highest BCUT2D eigenvalue weighted by atomic mass is 19.4. The standard InChI is InChI=1S/C12H18F3NO4/c1-8-2-4-11(5-3-8,9(17)18)6-16-10(19)20-7-12(13,14)15/h8H,2-7H2,1H3,(H,16,19)(H,17,18). The minimum Gasteiger partial charge on any atom is -0.481 e. The van der Waals surface area contributed by atoms with Gasteiger partial charge in [0.15, 0.2) is 6.61 Å². The topological polar surface area (TPSA) is 75.6 Å². The van der Waals surface area contributed by atoms with Crippen molar-refractivity contribution in [1.82, 2.24) is 5.32 Å². The van der Waals surface area contributed by atoms with Crippen LogP contribution in [0.2, 0.25) is 0 Å². The molecule has 0 saturated heterocycles. The number of rotatable bonds is 4. The summed E-state index contributed by atoms with van der Waals surface area (Å²) < 4.78 is 39.6. The number of aliphatic carboxylic acids is 1. The van der Waals surface area contributed by atoms with Crippen LogP contribution in [0.5, 0.6) is 0 Å². The second-order valence-electron chi connectivity index (χ2n) is 5.31. The average molecular weight is 297 g/mol. The van der Waals surface area contributed by atoms with E-state index in [0.29, 0.717) is 31.6 Å². The highest BCUT2D eigenvalue weighted by molar-refractivity contribution is 5.76. The molecule has 5 nitrogen and oxygen atoms in total. The van der Waals surface area contributed by atoms with Crippen LogP contribution in [0.1, 0.15) is 32.6 Å². The van der Waals surface area contributed by atoms with Crippen molar-refractivity contribution >= 4 is 12.1 Å². The minimum absolute atomic E-state index is 0.217. The Hall–Kier alpha value is -1.47. The lowest BCUT2D eigenvalue weighted by molar-refractivity contribution is -0.161. The Labute approximate surface area is 114 Å². The van der Waals surface area contributed by atoms with Gasteiger partial charge in [-0.3, -0.25) is 4.79 Å². The number of hydrogen-bond donors (Lipinski definition) is 2. The van der Waals surface area contributed by atoms with E-state index in [2.05, 4.69) is 10.1 Å². The van der Waals surface area contributed by atoms with Crippen LogP contribution in [0.4, 0.5) is 18.0 Å². The predicted molar refractivity (Wildman–Crippen MR) is 63.1 cm³/mol. The molecule has 0 radical (unpaired) electrons. The van der Waals surface area contributed by atoms with Crippen molar-refractivity contribution in [3.05, 3.63) is 0 Å². The van der Waals surface area contributed by atoms with Crippen LogP contribution in [0.3, 0.4) is 0 Å². The zero-order valence-electron chi connectivity index (χ0n) is 11.1. The molecule has 1 amide bonds. The van der Waals surface area contributed by atoms with Crippen LogP contribution in [0.25, 0.3) is 0 Å². The summed E-state index contributed by atoms with van der Waals surface area (Å²) in [5, 5.41) is 11.4. The molecule has 1 aliphatic carbocycles. The van der Waals surface area contributed by atoms with E-state index in [4.69, 9.17) is 0 Å². The fourth-order valence-corrected chi connectivity index (χ4v) is 2.22. The molecule has 0 atom stereocenters. The third-order valence-corrected chi connectivity index (χ3v) is 3.62. The molecule has 116 valence electrons. The van der Waals surface area contributed by atoms with Crippen molar-refractivity contribution in [2.45, 2.75) is 38.8 Å². The normalized spacial score (nSPS) is 26.9. The maximum atomic E-state index is 11.9. The van der Waals surface area contributed by atoms with Gasteiger partial charge < -0.3 is 15.2 Å². The van der Waals surface area contributed by atoms with E-state index in [9.17, 15) is 27.9 Å². The van der Waals surface area contributed by atoms with Crippen molar-refractivity contribution in [1.29, 1.82) is 0 Å². The number of amides is 1. The summed E-state index contributed by atoms with van der Waals surface area (Å²) in [5.41, 5.74) is -1.11. The second kappa shape index (κ2) is 6.32. The molecule has 1 fully saturated rings. The zero-order chi connectivity index (χ0) is 15.4. The second-order valence-corrected chi connectivity index (χ2v) is 5.31.